The minimum Gasteiger partial charge on any atom is -0.379 e. The number of nitrogens with one attached hydrogen (secondary N) is 3. The SMILES string of the molecule is O=C1N/C(=N/c2ccc3cn[nH]c3c2)S/C1=C\c1cnc(NCCCN2CCOCC2)s1. The molecule has 2 aliphatic rings. The number of thioether (sulfide) groups is 1. The van der Waals surface area contributed by atoms with Gasteiger partial charge in [-0.1, -0.05) is 11.3 Å². The molecule has 32 heavy (non-hydrogen) atoms. The highest BCUT2D eigenvalue weighted by atomic mass is 32.2. The van der Waals surface area contributed by atoms with E-state index in [1.165, 1.54) is 23.1 Å². The number of fused-ring (bicyclic) bond motifs is 1. The number of ether oxygens (including phenoxy) is 1. The Morgan fingerprint density at radius 2 is 2.19 bits per heavy atom. The van der Waals surface area contributed by atoms with Gasteiger partial charge in [0.25, 0.3) is 5.91 Å². The molecular formula is C21H23N7O2S2. The van der Waals surface area contributed by atoms with Gasteiger partial charge >= 0.3 is 0 Å². The standard InChI is InChI=1S/C21H23N7O2S2/c29-19-18(32-21(26-19)25-15-3-2-14-12-24-27-17(14)10-15)11-16-13-23-20(31-16)22-4-1-5-28-6-8-30-9-7-28/h2-3,10-13H,1,4-9H2,(H,22,23)(H,24,27)(H,25,26,29)/b18-11-. The molecule has 166 valence electrons. The van der Waals surface area contributed by atoms with Crippen LogP contribution in [0.4, 0.5) is 10.8 Å². The van der Waals surface area contributed by atoms with Crippen LogP contribution in [0.1, 0.15) is 11.3 Å². The van der Waals surface area contributed by atoms with Gasteiger partial charge in [0.05, 0.1) is 40.4 Å². The number of carbonyl (C=O) groups is 1. The van der Waals surface area contributed by atoms with Crippen LogP contribution in [-0.2, 0) is 9.53 Å². The van der Waals surface area contributed by atoms with Crippen molar-refractivity contribution in [2.45, 2.75) is 6.42 Å². The van der Waals surface area contributed by atoms with Crippen LogP contribution >= 0.6 is 23.1 Å². The number of hydrogen-bond acceptors (Lipinski definition) is 9. The zero-order chi connectivity index (χ0) is 21.8. The van der Waals surface area contributed by atoms with Crippen LogP contribution in [0.25, 0.3) is 17.0 Å². The monoisotopic (exact) mass is 469 g/mol. The normalized spacial score (nSPS) is 19.8. The van der Waals surface area contributed by atoms with Crippen molar-refractivity contribution in [1.82, 2.24) is 25.4 Å². The number of rotatable bonds is 7. The molecule has 5 rings (SSSR count). The number of morpholine rings is 1. The van der Waals surface area contributed by atoms with Gasteiger partial charge in [-0.15, -0.1) is 0 Å². The van der Waals surface area contributed by atoms with Crippen LogP contribution in [0, 0.1) is 0 Å². The molecule has 9 nitrogen and oxygen atoms in total. The average Bonchev–Trinajstić information content (AvgIpc) is 3.53. The molecule has 0 aliphatic carbocycles. The number of aromatic nitrogens is 3. The van der Waals surface area contributed by atoms with Gasteiger partial charge in [-0.05, 0) is 49.0 Å². The number of amidine groups is 1. The number of thiazole rings is 1. The van der Waals surface area contributed by atoms with Crippen molar-refractivity contribution in [3.8, 4) is 0 Å². The number of H-pyrrole nitrogens is 1. The van der Waals surface area contributed by atoms with E-state index in [9.17, 15) is 4.79 Å². The molecule has 0 atom stereocenters. The van der Waals surface area contributed by atoms with E-state index in [4.69, 9.17) is 4.74 Å². The first-order valence-electron chi connectivity index (χ1n) is 10.5. The summed E-state index contributed by atoms with van der Waals surface area (Å²) in [6.07, 6.45) is 6.47. The topological polar surface area (TPSA) is 108 Å². The number of aliphatic imine (C=N–C) groups is 1. The van der Waals surface area contributed by atoms with E-state index >= 15 is 0 Å². The molecule has 11 heteroatoms. The highest BCUT2D eigenvalue weighted by Crippen LogP contribution is 2.30. The molecule has 1 aromatic carbocycles. The van der Waals surface area contributed by atoms with E-state index in [1.54, 1.807) is 12.4 Å². The fourth-order valence-electron chi connectivity index (χ4n) is 3.48. The van der Waals surface area contributed by atoms with E-state index in [2.05, 4.69) is 35.7 Å². The van der Waals surface area contributed by atoms with Gasteiger partial charge in [0, 0.05) is 31.2 Å². The number of aromatic amines is 1. The van der Waals surface area contributed by atoms with Crippen molar-refractivity contribution in [3.63, 3.8) is 0 Å². The van der Waals surface area contributed by atoms with Crippen molar-refractivity contribution in [3.05, 3.63) is 40.4 Å². The summed E-state index contributed by atoms with van der Waals surface area (Å²) in [5.41, 5.74) is 1.67. The van der Waals surface area contributed by atoms with Crippen LogP contribution < -0.4 is 10.6 Å². The Bertz CT molecular complexity index is 1160. The van der Waals surface area contributed by atoms with Gasteiger partial charge in [-0.25, -0.2) is 9.98 Å². The van der Waals surface area contributed by atoms with Gasteiger partial charge in [-0.2, -0.15) is 5.10 Å². The van der Waals surface area contributed by atoms with Crippen LogP contribution in [0.3, 0.4) is 0 Å². The smallest absolute Gasteiger partial charge is 0.264 e. The number of nitrogens with zero attached hydrogens (tertiary/aromatic N) is 4. The van der Waals surface area contributed by atoms with Crippen LogP contribution in [0.15, 0.2) is 40.5 Å². The summed E-state index contributed by atoms with van der Waals surface area (Å²) in [5.74, 6) is -0.148. The molecule has 1 amide bonds. The lowest BCUT2D eigenvalue weighted by Gasteiger charge is -2.26. The van der Waals surface area contributed by atoms with Crippen LogP contribution in [-0.4, -0.2) is 70.5 Å². The van der Waals surface area contributed by atoms with E-state index in [-0.39, 0.29) is 5.91 Å². The highest BCUT2D eigenvalue weighted by Gasteiger charge is 2.24. The molecular weight excluding hydrogens is 446 g/mol. The second-order valence-corrected chi connectivity index (χ2v) is 9.52. The van der Waals surface area contributed by atoms with Crippen LogP contribution in [0.2, 0.25) is 0 Å². The number of anilines is 1. The summed E-state index contributed by atoms with van der Waals surface area (Å²) in [5, 5.41) is 15.6. The average molecular weight is 470 g/mol. The second-order valence-electron chi connectivity index (χ2n) is 7.43. The predicted molar refractivity (Wildman–Crippen MR) is 129 cm³/mol. The number of benzene rings is 1. The lowest BCUT2D eigenvalue weighted by Crippen LogP contribution is -2.37. The molecule has 3 N–H and O–H groups in total. The summed E-state index contributed by atoms with van der Waals surface area (Å²) in [7, 11) is 0. The Kier molecular flexibility index (Phi) is 6.49. The van der Waals surface area contributed by atoms with Gasteiger partial charge < -0.3 is 15.4 Å². The molecule has 4 heterocycles. The first-order valence-corrected chi connectivity index (χ1v) is 12.1. The fraction of sp³-hybridized carbons (Fsp3) is 0.333. The fourth-order valence-corrected chi connectivity index (χ4v) is 5.17. The third-order valence-corrected chi connectivity index (χ3v) is 6.95. The van der Waals surface area contributed by atoms with E-state index in [0.717, 1.165) is 72.4 Å². The predicted octanol–water partition coefficient (Wildman–Crippen LogP) is 3.05. The minimum absolute atomic E-state index is 0.148. The number of amides is 1. The summed E-state index contributed by atoms with van der Waals surface area (Å²) >= 11 is 2.87. The quantitative estimate of drug-likeness (QED) is 0.361. The lowest BCUT2D eigenvalue weighted by atomic mass is 10.2. The zero-order valence-corrected chi connectivity index (χ0v) is 19.0. The number of carbonyl (C=O) groups excluding carboxylic acids is 1. The molecule has 0 radical (unpaired) electrons. The van der Waals surface area contributed by atoms with E-state index in [0.29, 0.717) is 10.1 Å². The number of hydrogen-bond donors (Lipinski definition) is 3. The first kappa shape index (κ1) is 21.1. The zero-order valence-electron chi connectivity index (χ0n) is 17.3. The summed E-state index contributed by atoms with van der Waals surface area (Å²) in [4.78, 5) is 25.3. The Balaban J connectivity index is 1.16. The van der Waals surface area contributed by atoms with E-state index in [1.807, 2.05) is 24.3 Å². The second kappa shape index (κ2) is 9.82. The van der Waals surface area contributed by atoms with Gasteiger partial charge in [-0.3, -0.25) is 14.8 Å². The first-order chi connectivity index (χ1) is 15.7. The Hall–Kier alpha value is -2.73. The Morgan fingerprint density at radius 1 is 1.28 bits per heavy atom. The summed E-state index contributed by atoms with van der Waals surface area (Å²) < 4.78 is 5.38. The lowest BCUT2D eigenvalue weighted by molar-refractivity contribution is -0.115. The molecule has 0 saturated carbocycles. The molecule has 2 fully saturated rings. The van der Waals surface area contributed by atoms with Crippen molar-refractivity contribution in [2.24, 2.45) is 4.99 Å². The molecule has 2 aliphatic heterocycles. The third-order valence-electron chi connectivity index (χ3n) is 5.14. The molecule has 3 aromatic rings. The van der Waals surface area contributed by atoms with Crippen molar-refractivity contribution in [1.29, 1.82) is 0 Å². The summed E-state index contributed by atoms with van der Waals surface area (Å²) in [6.45, 7) is 5.61. The maximum Gasteiger partial charge on any atom is 0.264 e. The largest absolute Gasteiger partial charge is 0.379 e. The third kappa shape index (κ3) is 5.18. The molecule has 0 spiro atoms. The van der Waals surface area contributed by atoms with Gasteiger partial charge in [0.1, 0.15) is 0 Å². The Morgan fingerprint density at radius 3 is 3.09 bits per heavy atom. The van der Waals surface area contributed by atoms with Crippen molar-refractivity contribution >= 4 is 62.0 Å². The summed E-state index contributed by atoms with van der Waals surface area (Å²) in [6, 6.07) is 5.76. The highest BCUT2D eigenvalue weighted by molar-refractivity contribution is 8.18. The molecule has 2 aromatic heterocycles. The van der Waals surface area contributed by atoms with Gasteiger partial charge in [0.15, 0.2) is 10.3 Å². The molecule has 0 bridgehead atoms. The van der Waals surface area contributed by atoms with Gasteiger partial charge in [0.2, 0.25) is 0 Å². The maximum absolute atomic E-state index is 12.4. The van der Waals surface area contributed by atoms with Crippen molar-refractivity contribution < 1.29 is 9.53 Å². The molecule has 0 unspecified atom stereocenters. The van der Waals surface area contributed by atoms with Crippen LogP contribution in [0.5, 0.6) is 0 Å². The maximum atomic E-state index is 12.4. The minimum atomic E-state index is -0.148. The van der Waals surface area contributed by atoms with E-state index < -0.39 is 0 Å². The van der Waals surface area contributed by atoms with Crippen molar-refractivity contribution in [2.75, 3.05) is 44.7 Å². The Labute approximate surface area is 193 Å². The molecule has 2 saturated heterocycles.